The first-order valence-electron chi connectivity index (χ1n) is 11.8. The molecule has 0 bridgehead atoms. The number of rotatable bonds is 8. The van der Waals surface area contributed by atoms with Gasteiger partial charge in [-0.2, -0.15) is 5.10 Å². The summed E-state index contributed by atoms with van der Waals surface area (Å²) in [7, 11) is 0. The molecule has 1 fully saturated rings. The van der Waals surface area contributed by atoms with Gasteiger partial charge in [-0.05, 0) is 64.9 Å². The Labute approximate surface area is 240 Å². The van der Waals surface area contributed by atoms with E-state index in [1.807, 2.05) is 47.9 Å². The number of aromatic nitrogens is 4. The van der Waals surface area contributed by atoms with Gasteiger partial charge in [0.05, 0.1) is 46.5 Å². The van der Waals surface area contributed by atoms with E-state index >= 15 is 0 Å². The van der Waals surface area contributed by atoms with Crippen LogP contribution in [0.15, 0.2) is 48.9 Å². The molecule has 7 nitrogen and oxygen atoms in total. The van der Waals surface area contributed by atoms with E-state index in [2.05, 4.69) is 49.0 Å². The van der Waals surface area contributed by atoms with Crippen LogP contribution in [-0.2, 0) is 11.3 Å². The van der Waals surface area contributed by atoms with Gasteiger partial charge in [-0.25, -0.2) is 4.45 Å². The molecule has 1 aliphatic rings. The van der Waals surface area contributed by atoms with Crippen LogP contribution < -0.4 is 4.74 Å². The van der Waals surface area contributed by atoms with Crippen molar-refractivity contribution < 1.29 is 9.47 Å². The van der Waals surface area contributed by atoms with E-state index in [1.165, 1.54) is 0 Å². The number of ether oxygens (including phenoxy) is 2. The molecule has 0 saturated carbocycles. The van der Waals surface area contributed by atoms with Crippen LogP contribution >= 0.6 is 51.6 Å². The molecule has 3 aromatic heterocycles. The number of nitrogens with zero attached hydrogens (tertiary/aromatic N) is 5. The molecule has 4 aromatic rings. The lowest BCUT2D eigenvalue weighted by Gasteiger charge is -2.26. The van der Waals surface area contributed by atoms with Crippen molar-refractivity contribution in [3.8, 4) is 5.75 Å². The Bertz CT molecular complexity index is 1390. The zero-order chi connectivity index (χ0) is 25.8. The number of morpholine rings is 1. The highest BCUT2D eigenvalue weighted by molar-refractivity contribution is 14.2. The van der Waals surface area contributed by atoms with Gasteiger partial charge >= 0.3 is 0 Å². The Morgan fingerprint density at radius 1 is 1.11 bits per heavy atom. The monoisotopic (exact) mass is 667 g/mol. The Morgan fingerprint density at radius 3 is 2.59 bits per heavy atom. The largest absolute Gasteiger partial charge is 0.486 e. The maximum Gasteiger partial charge on any atom is 0.124 e. The molecular formula is C26H25Cl2IN5O2P. The average Bonchev–Trinajstić information content (AvgIpc) is 3.26. The predicted octanol–water partition coefficient (Wildman–Crippen LogP) is 7.07. The van der Waals surface area contributed by atoms with Gasteiger partial charge in [-0.1, -0.05) is 35.3 Å². The fourth-order valence-corrected chi connectivity index (χ4v) is 6.45. The van der Waals surface area contributed by atoms with Crippen LogP contribution in [0, 0.1) is 0 Å². The molecular weight excluding hydrogens is 643 g/mol. The van der Waals surface area contributed by atoms with Crippen molar-refractivity contribution in [2.75, 3.05) is 26.3 Å². The molecule has 1 aromatic carbocycles. The highest BCUT2D eigenvalue weighted by Gasteiger charge is 2.17. The Balaban J connectivity index is 1.35. The van der Waals surface area contributed by atoms with E-state index < -0.39 is 0 Å². The number of hydrogen-bond acceptors (Lipinski definition) is 6. The highest BCUT2D eigenvalue weighted by Crippen LogP contribution is 2.36. The minimum atomic E-state index is -0.344. The van der Waals surface area contributed by atoms with Gasteiger partial charge in [0.25, 0.3) is 0 Å². The molecule has 0 spiro atoms. The molecule has 37 heavy (non-hydrogen) atoms. The van der Waals surface area contributed by atoms with Crippen LogP contribution in [0.3, 0.4) is 0 Å². The van der Waals surface area contributed by atoms with Gasteiger partial charge in [-0.15, -0.1) is 0 Å². The predicted molar refractivity (Wildman–Crippen MR) is 160 cm³/mol. The fourth-order valence-electron chi connectivity index (χ4n) is 4.25. The minimum absolute atomic E-state index is 0.344. The van der Waals surface area contributed by atoms with Crippen molar-refractivity contribution in [2.45, 2.75) is 19.6 Å². The first-order chi connectivity index (χ1) is 18.0. The van der Waals surface area contributed by atoms with Crippen LogP contribution in [-0.4, -0.2) is 50.7 Å². The average molecular weight is 668 g/mol. The van der Waals surface area contributed by atoms with E-state index in [0.717, 1.165) is 60.7 Å². The second-order valence-corrected chi connectivity index (χ2v) is 11.5. The van der Waals surface area contributed by atoms with E-state index in [9.17, 15) is 0 Å². The Kier molecular flexibility index (Phi) is 8.95. The van der Waals surface area contributed by atoms with Gasteiger partial charge in [0.2, 0.25) is 0 Å². The summed E-state index contributed by atoms with van der Waals surface area (Å²) in [6, 6.07) is 10.2. The molecule has 2 unspecified atom stereocenters. The molecule has 1 saturated heterocycles. The number of hydrogen-bond donors (Lipinski definition) is 0. The molecule has 0 N–H and O–H groups in total. The normalized spacial score (nSPS) is 15.8. The lowest BCUT2D eigenvalue weighted by Crippen LogP contribution is -2.35. The third kappa shape index (κ3) is 6.44. The molecule has 0 radical (unpaired) electrons. The van der Waals surface area contributed by atoms with Gasteiger partial charge in [0.1, 0.15) is 11.9 Å². The standard InChI is InChI=1S/C26H25Cl2IN5O2P/c1-17(26-22(27)14-30-15-23(26)28)36-20-5-7-25-21(12-20)24(32-34(25)37-29)6-3-18-2-4-19(31-13-18)16-33-8-10-35-11-9-33/h2-7,12-15,17,37H,8-11,16H2,1H3/b6-3+. The van der Waals surface area contributed by atoms with E-state index in [4.69, 9.17) is 37.8 Å². The second-order valence-electron chi connectivity index (χ2n) is 8.64. The molecule has 0 amide bonds. The van der Waals surface area contributed by atoms with E-state index in [-0.39, 0.29) is 6.10 Å². The number of fused-ring (bicyclic) bond motifs is 1. The quantitative estimate of drug-likeness (QED) is 0.148. The first-order valence-corrected chi connectivity index (χ1v) is 16.6. The topological polar surface area (TPSA) is 65.3 Å². The van der Waals surface area contributed by atoms with E-state index in [0.29, 0.717) is 27.7 Å². The smallest absolute Gasteiger partial charge is 0.124 e. The van der Waals surface area contributed by atoms with Crippen LogP contribution in [0.5, 0.6) is 5.75 Å². The van der Waals surface area contributed by atoms with Crippen molar-refractivity contribution in [2.24, 2.45) is 0 Å². The summed E-state index contributed by atoms with van der Waals surface area (Å²) in [5, 5.41) is 6.78. The maximum atomic E-state index is 6.33. The van der Waals surface area contributed by atoms with Gasteiger partial charge in [-0.3, -0.25) is 14.9 Å². The van der Waals surface area contributed by atoms with Gasteiger partial charge < -0.3 is 9.47 Å². The molecule has 192 valence electrons. The Hall–Kier alpha value is -1.81. The van der Waals surface area contributed by atoms with E-state index in [1.54, 1.807) is 12.4 Å². The van der Waals surface area contributed by atoms with Crippen molar-refractivity contribution in [1.82, 2.24) is 24.4 Å². The summed E-state index contributed by atoms with van der Waals surface area (Å²) in [4.78, 5) is 11.0. The summed E-state index contributed by atoms with van der Waals surface area (Å²) in [6.45, 7) is 6.24. The molecule has 11 heteroatoms. The van der Waals surface area contributed by atoms with Crippen molar-refractivity contribution >= 4 is 74.7 Å². The summed E-state index contributed by atoms with van der Waals surface area (Å²) < 4.78 is 13.7. The zero-order valence-corrected chi connectivity index (χ0v) is 24.7. The maximum absolute atomic E-state index is 6.33. The minimum Gasteiger partial charge on any atom is -0.486 e. The molecule has 5 rings (SSSR count). The molecule has 1 aliphatic heterocycles. The van der Waals surface area contributed by atoms with Crippen LogP contribution in [0.4, 0.5) is 0 Å². The molecule has 0 aliphatic carbocycles. The van der Waals surface area contributed by atoms with Gasteiger partial charge in [0.15, 0.2) is 0 Å². The molecule has 4 heterocycles. The van der Waals surface area contributed by atoms with Crippen LogP contribution in [0.2, 0.25) is 10.0 Å². The fraction of sp³-hybridized carbons (Fsp3) is 0.269. The summed E-state index contributed by atoms with van der Waals surface area (Å²) in [5.41, 5.74) is 4.71. The number of benzene rings is 1. The van der Waals surface area contributed by atoms with Crippen molar-refractivity contribution in [3.05, 3.63) is 81.5 Å². The van der Waals surface area contributed by atoms with Crippen molar-refractivity contribution in [3.63, 3.8) is 0 Å². The summed E-state index contributed by atoms with van der Waals surface area (Å²) in [5.74, 6) is 0.712. The lowest BCUT2D eigenvalue weighted by molar-refractivity contribution is 0.0336. The first kappa shape index (κ1) is 26.8. The number of pyridine rings is 2. The van der Waals surface area contributed by atoms with Crippen LogP contribution in [0.1, 0.15) is 35.5 Å². The second kappa shape index (κ2) is 12.4. The zero-order valence-electron chi connectivity index (χ0n) is 20.1. The highest BCUT2D eigenvalue weighted by atomic mass is 127. The van der Waals surface area contributed by atoms with Crippen molar-refractivity contribution in [1.29, 1.82) is 0 Å². The van der Waals surface area contributed by atoms with Gasteiger partial charge in [0, 0.05) is 49.2 Å². The number of halogens is 3. The Morgan fingerprint density at radius 2 is 1.89 bits per heavy atom. The summed E-state index contributed by atoms with van der Waals surface area (Å²) >= 11 is 15.0. The molecule has 2 atom stereocenters. The van der Waals surface area contributed by atoms with Crippen LogP contribution in [0.25, 0.3) is 23.1 Å². The third-order valence-corrected chi connectivity index (χ3v) is 8.61. The SMILES string of the molecule is CC(Oc1ccc2c(c1)c(/C=C/c1ccc(CN3CCOCC3)nc1)nn2PI)c1c(Cl)cncc1Cl. The lowest BCUT2D eigenvalue weighted by atomic mass is 10.1. The third-order valence-electron chi connectivity index (χ3n) is 6.14. The summed E-state index contributed by atoms with van der Waals surface area (Å²) in [6.07, 6.45) is 9.25.